The Labute approximate surface area is 137 Å². The number of carbonyl (C=O) groups excluding carboxylic acids is 2. The molecule has 1 unspecified atom stereocenters. The van der Waals surface area contributed by atoms with Crippen LogP contribution in [0, 0.1) is 11.3 Å². The fourth-order valence-electron chi connectivity index (χ4n) is 2.56. The summed E-state index contributed by atoms with van der Waals surface area (Å²) in [4.78, 5) is 30.1. The van der Waals surface area contributed by atoms with Crippen molar-refractivity contribution < 1.29 is 9.59 Å². The second-order valence-electron chi connectivity index (χ2n) is 7.09. The summed E-state index contributed by atoms with van der Waals surface area (Å²) >= 11 is 0. The van der Waals surface area contributed by atoms with E-state index in [-0.39, 0.29) is 17.4 Å². The van der Waals surface area contributed by atoms with E-state index in [1.807, 2.05) is 31.7 Å². The highest BCUT2D eigenvalue weighted by atomic mass is 16.2. The number of amides is 3. The lowest BCUT2D eigenvalue weighted by atomic mass is 9.94. The maximum absolute atomic E-state index is 12.3. The molecule has 0 saturated carbocycles. The first-order valence-corrected chi connectivity index (χ1v) is 8.10. The van der Waals surface area contributed by atoms with Crippen LogP contribution in [-0.2, 0) is 4.79 Å². The monoisotopic (exact) mass is 318 g/mol. The van der Waals surface area contributed by atoms with Gasteiger partial charge in [0.25, 0.3) is 0 Å². The van der Waals surface area contributed by atoms with Gasteiger partial charge in [-0.3, -0.25) is 9.78 Å². The molecule has 1 atom stereocenters. The number of hydrogen-bond acceptors (Lipinski definition) is 3. The predicted octanol–water partition coefficient (Wildman–Crippen LogP) is 2.49. The molecule has 23 heavy (non-hydrogen) atoms. The lowest BCUT2D eigenvalue weighted by Gasteiger charge is -2.33. The second kappa shape index (κ2) is 7.44. The van der Waals surface area contributed by atoms with Crippen molar-refractivity contribution >= 4 is 17.6 Å². The maximum Gasteiger partial charge on any atom is 0.321 e. The van der Waals surface area contributed by atoms with Crippen molar-refractivity contribution in [2.24, 2.45) is 11.3 Å². The Balaban J connectivity index is 1.83. The normalized spacial score (nSPS) is 18.4. The van der Waals surface area contributed by atoms with Gasteiger partial charge in [-0.25, -0.2) is 4.79 Å². The molecule has 126 valence electrons. The van der Waals surface area contributed by atoms with Crippen molar-refractivity contribution in [2.45, 2.75) is 33.6 Å². The number of piperidine rings is 1. The summed E-state index contributed by atoms with van der Waals surface area (Å²) in [6.45, 7) is 7.73. The van der Waals surface area contributed by atoms with Crippen LogP contribution in [0.3, 0.4) is 0 Å². The smallest absolute Gasteiger partial charge is 0.321 e. The van der Waals surface area contributed by atoms with Gasteiger partial charge in [-0.05, 0) is 30.9 Å². The number of carbonyl (C=O) groups is 2. The Kier molecular flexibility index (Phi) is 5.58. The van der Waals surface area contributed by atoms with Crippen LogP contribution in [-0.4, -0.2) is 41.5 Å². The van der Waals surface area contributed by atoms with Crippen LogP contribution < -0.4 is 10.6 Å². The number of likely N-dealkylation sites (tertiary alicyclic amines) is 1. The van der Waals surface area contributed by atoms with Crippen molar-refractivity contribution in [2.75, 3.05) is 25.0 Å². The number of hydrogen-bond donors (Lipinski definition) is 2. The summed E-state index contributed by atoms with van der Waals surface area (Å²) < 4.78 is 0. The predicted molar refractivity (Wildman–Crippen MR) is 90.0 cm³/mol. The van der Waals surface area contributed by atoms with Crippen LogP contribution in [0.25, 0.3) is 0 Å². The highest BCUT2D eigenvalue weighted by molar-refractivity contribution is 5.89. The van der Waals surface area contributed by atoms with Gasteiger partial charge in [-0.1, -0.05) is 20.8 Å². The summed E-state index contributed by atoms with van der Waals surface area (Å²) in [5.74, 6) is 0.351. The molecule has 0 aromatic carbocycles. The van der Waals surface area contributed by atoms with Gasteiger partial charge in [-0.15, -0.1) is 0 Å². The van der Waals surface area contributed by atoms with E-state index in [1.54, 1.807) is 18.5 Å². The lowest BCUT2D eigenvalue weighted by molar-refractivity contribution is -0.128. The van der Waals surface area contributed by atoms with Gasteiger partial charge in [0.2, 0.25) is 5.91 Å². The molecule has 6 nitrogen and oxygen atoms in total. The number of anilines is 1. The number of nitrogens with one attached hydrogen (secondary N) is 2. The van der Waals surface area contributed by atoms with Gasteiger partial charge in [-0.2, -0.15) is 0 Å². The molecule has 2 N–H and O–H groups in total. The molecule has 6 heteroatoms. The largest absolute Gasteiger partial charge is 0.355 e. The molecule has 3 amide bonds. The molecule has 2 heterocycles. The number of pyridine rings is 1. The minimum Gasteiger partial charge on any atom is -0.355 e. The standard InChI is InChI=1S/C17H26N4O2/c1-17(2,3)15(22)19-10-13-6-5-9-21(12-13)16(23)20-14-7-4-8-18-11-14/h4,7-8,11,13H,5-6,9-10,12H2,1-3H3,(H,19,22)(H,20,23). The molecule has 0 aliphatic carbocycles. The van der Waals surface area contributed by atoms with Crippen molar-refractivity contribution in [3.8, 4) is 0 Å². The molecule has 1 aromatic rings. The van der Waals surface area contributed by atoms with Crippen LogP contribution in [0.2, 0.25) is 0 Å². The van der Waals surface area contributed by atoms with Crippen molar-refractivity contribution in [1.29, 1.82) is 0 Å². The molecule has 1 saturated heterocycles. The van der Waals surface area contributed by atoms with Crippen LogP contribution in [0.1, 0.15) is 33.6 Å². The van der Waals surface area contributed by atoms with E-state index < -0.39 is 0 Å². The van der Waals surface area contributed by atoms with Crippen molar-refractivity contribution in [3.05, 3.63) is 24.5 Å². The molecular weight excluding hydrogens is 292 g/mol. The summed E-state index contributed by atoms with van der Waals surface area (Å²) in [6.07, 6.45) is 5.28. The molecule has 1 fully saturated rings. The van der Waals surface area contributed by atoms with E-state index in [0.29, 0.717) is 24.7 Å². The number of rotatable bonds is 3. The van der Waals surface area contributed by atoms with Gasteiger partial charge in [0, 0.05) is 31.2 Å². The zero-order valence-corrected chi connectivity index (χ0v) is 14.1. The Bertz CT molecular complexity index is 539. The van der Waals surface area contributed by atoms with E-state index in [9.17, 15) is 9.59 Å². The third-order valence-corrected chi connectivity index (χ3v) is 3.95. The van der Waals surface area contributed by atoms with Gasteiger partial charge in [0.05, 0.1) is 11.9 Å². The summed E-state index contributed by atoms with van der Waals surface area (Å²) in [5.41, 5.74) is 0.312. The molecule has 0 radical (unpaired) electrons. The zero-order chi connectivity index (χ0) is 16.9. The Hall–Kier alpha value is -2.11. The van der Waals surface area contributed by atoms with Crippen LogP contribution in [0.15, 0.2) is 24.5 Å². The minimum absolute atomic E-state index is 0.0504. The molecule has 1 aliphatic heterocycles. The first kappa shape index (κ1) is 17.2. The first-order chi connectivity index (χ1) is 10.9. The first-order valence-electron chi connectivity index (χ1n) is 8.10. The van der Waals surface area contributed by atoms with Crippen molar-refractivity contribution in [1.82, 2.24) is 15.2 Å². The van der Waals surface area contributed by atoms with Crippen LogP contribution >= 0.6 is 0 Å². The van der Waals surface area contributed by atoms with E-state index in [1.165, 1.54) is 0 Å². The third kappa shape index (κ3) is 5.23. The average Bonchev–Trinajstić information content (AvgIpc) is 2.53. The summed E-state index contributed by atoms with van der Waals surface area (Å²) in [5, 5.41) is 5.85. The highest BCUT2D eigenvalue weighted by Crippen LogP contribution is 2.18. The number of aromatic nitrogens is 1. The SMILES string of the molecule is CC(C)(C)C(=O)NCC1CCCN(C(=O)Nc2cccnc2)C1. The van der Waals surface area contributed by atoms with E-state index in [0.717, 1.165) is 19.4 Å². The third-order valence-electron chi connectivity index (χ3n) is 3.95. The molecule has 0 bridgehead atoms. The summed E-state index contributed by atoms with van der Waals surface area (Å²) in [7, 11) is 0. The highest BCUT2D eigenvalue weighted by Gasteiger charge is 2.26. The fraction of sp³-hybridized carbons (Fsp3) is 0.588. The van der Waals surface area contributed by atoms with Gasteiger partial charge >= 0.3 is 6.03 Å². The van der Waals surface area contributed by atoms with Crippen molar-refractivity contribution in [3.63, 3.8) is 0 Å². The van der Waals surface area contributed by atoms with Crippen LogP contribution in [0.5, 0.6) is 0 Å². The zero-order valence-electron chi connectivity index (χ0n) is 14.1. The van der Waals surface area contributed by atoms with E-state index in [4.69, 9.17) is 0 Å². The summed E-state index contributed by atoms with van der Waals surface area (Å²) in [6, 6.07) is 3.50. The van der Waals surface area contributed by atoms with Crippen LogP contribution in [0.4, 0.5) is 10.5 Å². The molecule has 2 rings (SSSR count). The topological polar surface area (TPSA) is 74.3 Å². The Morgan fingerprint density at radius 3 is 2.83 bits per heavy atom. The Morgan fingerprint density at radius 1 is 1.39 bits per heavy atom. The Morgan fingerprint density at radius 2 is 2.17 bits per heavy atom. The quantitative estimate of drug-likeness (QED) is 0.899. The maximum atomic E-state index is 12.3. The minimum atomic E-state index is -0.383. The van der Waals surface area contributed by atoms with Gasteiger partial charge in [0.1, 0.15) is 0 Å². The van der Waals surface area contributed by atoms with E-state index in [2.05, 4.69) is 15.6 Å². The van der Waals surface area contributed by atoms with Gasteiger partial charge < -0.3 is 15.5 Å². The van der Waals surface area contributed by atoms with E-state index >= 15 is 0 Å². The van der Waals surface area contributed by atoms with Gasteiger partial charge in [0.15, 0.2) is 0 Å². The number of nitrogens with zero attached hydrogens (tertiary/aromatic N) is 2. The fourth-order valence-corrected chi connectivity index (χ4v) is 2.56. The number of urea groups is 1. The molecule has 0 spiro atoms. The molecule has 1 aliphatic rings. The second-order valence-corrected chi connectivity index (χ2v) is 7.09. The average molecular weight is 318 g/mol. The lowest BCUT2D eigenvalue weighted by Crippen LogP contribution is -2.46. The molecular formula is C17H26N4O2. The molecule has 1 aromatic heterocycles.